The summed E-state index contributed by atoms with van der Waals surface area (Å²) in [4.78, 5) is 13.3. The van der Waals surface area contributed by atoms with Crippen LogP contribution in [0.4, 0.5) is 0 Å². The van der Waals surface area contributed by atoms with Gasteiger partial charge in [-0.2, -0.15) is 0 Å². The summed E-state index contributed by atoms with van der Waals surface area (Å²) in [6.45, 7) is 16.6. The van der Waals surface area contributed by atoms with Crippen molar-refractivity contribution in [3.8, 4) is 11.5 Å². The minimum absolute atomic E-state index is 0.200. The van der Waals surface area contributed by atoms with Crippen LogP contribution in [-0.2, 0) is 25.8 Å². The first kappa shape index (κ1) is 24.7. The van der Waals surface area contributed by atoms with Crippen molar-refractivity contribution in [3.63, 3.8) is 0 Å². The van der Waals surface area contributed by atoms with E-state index in [0.717, 1.165) is 11.1 Å². The molecule has 2 rings (SSSR count). The maximum atomic E-state index is 13.3. The van der Waals surface area contributed by atoms with Gasteiger partial charge in [0.15, 0.2) is 6.79 Å². The highest BCUT2D eigenvalue weighted by Crippen LogP contribution is 2.43. The molecule has 0 saturated heterocycles. The van der Waals surface area contributed by atoms with Gasteiger partial charge in [-0.05, 0) is 65.0 Å². The Labute approximate surface area is 185 Å². The van der Waals surface area contributed by atoms with E-state index in [1.54, 1.807) is 32.9 Å². The molecule has 0 unspecified atom stereocenters. The van der Waals surface area contributed by atoms with Gasteiger partial charge in [0, 0.05) is 0 Å². The van der Waals surface area contributed by atoms with E-state index in [-0.39, 0.29) is 22.3 Å². The molecule has 0 saturated carbocycles. The van der Waals surface area contributed by atoms with Crippen molar-refractivity contribution < 1.29 is 24.9 Å². The number of aromatic hydroxyl groups is 2. The Morgan fingerprint density at radius 3 is 1.42 bits per heavy atom. The molecular weight excluding hydrogens is 392 g/mol. The number of phenols is 2. The number of aliphatic hydroxyl groups excluding tert-OH is 1. The summed E-state index contributed by atoms with van der Waals surface area (Å²) in [5.41, 5.74) is 2.07. The van der Waals surface area contributed by atoms with Gasteiger partial charge in [-0.15, -0.1) is 0 Å². The lowest BCUT2D eigenvalue weighted by molar-refractivity contribution is -0.156. The summed E-state index contributed by atoms with van der Waals surface area (Å²) in [6, 6.07) is 7.23. The molecule has 5 nitrogen and oxygen atoms in total. The predicted octanol–water partition coefficient (Wildman–Crippen LogP) is 5.11. The maximum Gasteiger partial charge on any atom is 0.322 e. The third kappa shape index (κ3) is 4.57. The Morgan fingerprint density at radius 2 is 1.13 bits per heavy atom. The van der Waals surface area contributed by atoms with E-state index in [0.29, 0.717) is 22.3 Å². The van der Waals surface area contributed by atoms with Gasteiger partial charge < -0.3 is 20.1 Å². The van der Waals surface area contributed by atoms with E-state index >= 15 is 0 Å². The number of hydrogen-bond donors (Lipinski definition) is 3. The summed E-state index contributed by atoms with van der Waals surface area (Å²) >= 11 is 0. The SMILES string of the molecule is Cc1cc(C(C)(C(=O)OCO)c2cc(C)c(O)c(C(C)(C)C)c2)cc(C(C)(C)C)c1O. The van der Waals surface area contributed by atoms with Crippen molar-refractivity contribution in [2.75, 3.05) is 6.79 Å². The van der Waals surface area contributed by atoms with E-state index in [2.05, 4.69) is 0 Å². The number of phenolic OH excluding ortho intramolecular Hbond substituents is 2. The van der Waals surface area contributed by atoms with E-state index in [9.17, 15) is 20.1 Å². The molecular formula is C26H36O5. The first-order chi connectivity index (χ1) is 14.0. The Bertz CT molecular complexity index is 921. The Balaban J connectivity index is 2.93. The fourth-order valence-electron chi connectivity index (χ4n) is 3.89. The van der Waals surface area contributed by atoms with Crippen LogP contribution in [0.2, 0.25) is 0 Å². The molecule has 0 aromatic heterocycles. The fraction of sp³-hybridized carbons (Fsp3) is 0.500. The van der Waals surface area contributed by atoms with Gasteiger partial charge in [-0.3, -0.25) is 4.79 Å². The van der Waals surface area contributed by atoms with E-state index in [4.69, 9.17) is 4.74 Å². The monoisotopic (exact) mass is 428 g/mol. The zero-order valence-electron chi connectivity index (χ0n) is 20.2. The molecule has 0 atom stereocenters. The molecule has 0 aliphatic carbocycles. The van der Waals surface area contributed by atoms with E-state index in [1.807, 2.05) is 53.7 Å². The predicted molar refractivity (Wildman–Crippen MR) is 123 cm³/mol. The van der Waals surface area contributed by atoms with Gasteiger partial charge in [0.2, 0.25) is 0 Å². The second-order valence-corrected chi connectivity index (χ2v) is 10.6. The van der Waals surface area contributed by atoms with Gasteiger partial charge in [0.25, 0.3) is 0 Å². The number of rotatable bonds is 4. The third-order valence-corrected chi connectivity index (χ3v) is 5.98. The second kappa shape index (κ2) is 8.19. The highest BCUT2D eigenvalue weighted by atomic mass is 16.6. The Hall–Kier alpha value is -2.53. The summed E-state index contributed by atoms with van der Waals surface area (Å²) in [5.74, 6) is -0.206. The number of hydrogen-bond acceptors (Lipinski definition) is 5. The van der Waals surface area contributed by atoms with Gasteiger partial charge in [-0.1, -0.05) is 65.8 Å². The normalized spacial score (nSPS) is 12.7. The van der Waals surface area contributed by atoms with Crippen LogP contribution in [0.3, 0.4) is 0 Å². The molecule has 5 heteroatoms. The summed E-state index contributed by atoms with van der Waals surface area (Å²) in [5, 5.41) is 30.7. The van der Waals surface area contributed by atoms with E-state index in [1.165, 1.54) is 0 Å². The fourth-order valence-corrected chi connectivity index (χ4v) is 3.89. The summed E-state index contributed by atoms with van der Waals surface area (Å²) in [6.07, 6.45) is 0. The van der Waals surface area contributed by atoms with Gasteiger partial charge in [-0.25, -0.2) is 0 Å². The topological polar surface area (TPSA) is 87.0 Å². The molecule has 0 amide bonds. The number of aliphatic hydroxyl groups is 1. The number of carbonyl (C=O) groups excluding carboxylic acids is 1. The van der Waals surface area contributed by atoms with Crippen molar-refractivity contribution in [1.82, 2.24) is 0 Å². The zero-order valence-corrected chi connectivity index (χ0v) is 20.2. The summed E-state index contributed by atoms with van der Waals surface area (Å²) < 4.78 is 5.10. The minimum atomic E-state index is -1.26. The number of aryl methyl sites for hydroxylation is 2. The van der Waals surface area contributed by atoms with Crippen LogP contribution in [0.5, 0.6) is 11.5 Å². The summed E-state index contributed by atoms with van der Waals surface area (Å²) in [7, 11) is 0. The van der Waals surface area contributed by atoms with Crippen LogP contribution >= 0.6 is 0 Å². The van der Waals surface area contributed by atoms with E-state index < -0.39 is 18.2 Å². The highest BCUT2D eigenvalue weighted by Gasteiger charge is 2.41. The van der Waals surface area contributed by atoms with Crippen LogP contribution < -0.4 is 0 Å². The molecule has 0 bridgehead atoms. The standard InChI is InChI=1S/C26H36O5/c1-15-10-17(12-19(21(15)28)24(3,4)5)26(9,23(30)31-14-27)18-11-16(2)22(29)20(13-18)25(6,7)8/h10-13,27-29H,14H2,1-9H3. The molecule has 3 N–H and O–H groups in total. The van der Waals surface area contributed by atoms with Crippen molar-refractivity contribution in [2.24, 2.45) is 0 Å². The maximum absolute atomic E-state index is 13.3. The van der Waals surface area contributed by atoms with Crippen molar-refractivity contribution in [2.45, 2.75) is 78.6 Å². The molecule has 0 fully saturated rings. The Morgan fingerprint density at radius 1 is 0.774 bits per heavy atom. The van der Waals surface area contributed by atoms with Crippen LogP contribution in [0.15, 0.2) is 24.3 Å². The Kier molecular flexibility index (Phi) is 6.54. The molecule has 0 heterocycles. The zero-order chi connectivity index (χ0) is 23.9. The van der Waals surface area contributed by atoms with Crippen molar-refractivity contribution in [1.29, 1.82) is 0 Å². The number of ether oxygens (including phenoxy) is 1. The second-order valence-electron chi connectivity index (χ2n) is 10.6. The lowest BCUT2D eigenvalue weighted by Crippen LogP contribution is -2.37. The molecule has 31 heavy (non-hydrogen) atoms. The molecule has 2 aromatic rings. The number of carbonyl (C=O) groups is 1. The highest BCUT2D eigenvalue weighted by molar-refractivity contribution is 5.88. The van der Waals surface area contributed by atoms with Crippen LogP contribution in [0, 0.1) is 13.8 Å². The van der Waals surface area contributed by atoms with Crippen LogP contribution in [-0.4, -0.2) is 28.1 Å². The largest absolute Gasteiger partial charge is 0.507 e. The first-order valence-electron chi connectivity index (χ1n) is 10.5. The van der Waals surface area contributed by atoms with Gasteiger partial charge in [0.05, 0.1) is 0 Å². The van der Waals surface area contributed by atoms with Crippen molar-refractivity contribution in [3.05, 3.63) is 57.6 Å². The van der Waals surface area contributed by atoms with Gasteiger partial charge in [0.1, 0.15) is 16.9 Å². The third-order valence-electron chi connectivity index (χ3n) is 5.98. The molecule has 2 aromatic carbocycles. The molecule has 0 radical (unpaired) electrons. The first-order valence-corrected chi connectivity index (χ1v) is 10.5. The van der Waals surface area contributed by atoms with Gasteiger partial charge >= 0.3 is 5.97 Å². The smallest absolute Gasteiger partial charge is 0.322 e. The number of benzene rings is 2. The number of esters is 1. The average Bonchev–Trinajstić information content (AvgIpc) is 2.63. The molecule has 0 aliphatic rings. The molecule has 0 aliphatic heterocycles. The molecule has 170 valence electrons. The van der Waals surface area contributed by atoms with Crippen LogP contribution in [0.25, 0.3) is 0 Å². The quantitative estimate of drug-likeness (QED) is 0.465. The van der Waals surface area contributed by atoms with Crippen molar-refractivity contribution >= 4 is 5.97 Å². The average molecular weight is 429 g/mol. The van der Waals surface area contributed by atoms with Crippen LogP contribution in [0.1, 0.15) is 81.8 Å². The minimum Gasteiger partial charge on any atom is -0.507 e. The lowest BCUT2D eigenvalue weighted by atomic mass is 9.71. The lowest BCUT2D eigenvalue weighted by Gasteiger charge is -2.33. The molecule has 0 spiro atoms.